The van der Waals surface area contributed by atoms with E-state index in [4.69, 9.17) is 16.1 Å². The minimum absolute atomic E-state index is 0.0190. The van der Waals surface area contributed by atoms with E-state index in [0.717, 1.165) is 12.0 Å². The summed E-state index contributed by atoms with van der Waals surface area (Å²) < 4.78 is 5.17. The summed E-state index contributed by atoms with van der Waals surface area (Å²) in [5, 5.41) is 7.55. The van der Waals surface area contributed by atoms with Crippen molar-refractivity contribution in [1.82, 2.24) is 15.5 Å². The number of rotatable bonds is 6. The maximum Gasteiger partial charge on any atom is 0.227 e. The molecule has 1 amide bonds. The molecule has 1 heterocycles. The molecule has 5 nitrogen and oxygen atoms in total. The highest BCUT2D eigenvalue weighted by Gasteiger charge is 2.21. The number of hydrogen-bond acceptors (Lipinski definition) is 4. The zero-order valence-electron chi connectivity index (χ0n) is 13.7. The average molecular weight is 336 g/mol. The summed E-state index contributed by atoms with van der Waals surface area (Å²) in [5.41, 5.74) is 0.990. The van der Waals surface area contributed by atoms with Gasteiger partial charge in [-0.2, -0.15) is 4.98 Å². The van der Waals surface area contributed by atoms with Crippen LogP contribution >= 0.6 is 11.6 Å². The van der Waals surface area contributed by atoms with Crippen molar-refractivity contribution in [2.24, 2.45) is 0 Å². The third kappa shape index (κ3) is 5.67. The van der Waals surface area contributed by atoms with E-state index in [0.29, 0.717) is 36.1 Å². The lowest BCUT2D eigenvalue weighted by Gasteiger charge is -2.10. The topological polar surface area (TPSA) is 68.0 Å². The van der Waals surface area contributed by atoms with Gasteiger partial charge < -0.3 is 9.84 Å². The predicted octanol–water partition coefficient (Wildman–Crippen LogP) is 3.31. The summed E-state index contributed by atoms with van der Waals surface area (Å²) in [6.45, 7) is 6.65. The van der Waals surface area contributed by atoms with Crippen LogP contribution in [0.15, 0.2) is 28.8 Å². The number of aryl methyl sites for hydroxylation is 1. The molecule has 1 N–H and O–H groups in total. The molecule has 6 heteroatoms. The smallest absolute Gasteiger partial charge is 0.227 e. The van der Waals surface area contributed by atoms with Gasteiger partial charge >= 0.3 is 0 Å². The molecular formula is C17H22ClN3O2. The number of aromatic nitrogens is 2. The number of amides is 1. The van der Waals surface area contributed by atoms with Crippen molar-refractivity contribution < 1.29 is 9.32 Å². The molecular weight excluding hydrogens is 314 g/mol. The Balaban J connectivity index is 1.71. The van der Waals surface area contributed by atoms with Gasteiger partial charge in [-0.1, -0.05) is 49.7 Å². The lowest BCUT2D eigenvalue weighted by atomic mass is 9.96. The third-order valence-corrected chi connectivity index (χ3v) is 3.61. The SMILES string of the molecule is CC(C)(C)c1noc(CCC(=O)NCCc2ccc(Cl)cc2)n1. The van der Waals surface area contributed by atoms with Crippen molar-refractivity contribution in [2.75, 3.05) is 6.54 Å². The second-order valence-corrected chi connectivity index (χ2v) is 6.92. The summed E-state index contributed by atoms with van der Waals surface area (Å²) in [5.74, 6) is 1.15. The van der Waals surface area contributed by atoms with E-state index < -0.39 is 0 Å². The Morgan fingerprint density at radius 1 is 1.22 bits per heavy atom. The first kappa shape index (κ1) is 17.5. The number of carbonyl (C=O) groups is 1. The first-order chi connectivity index (χ1) is 10.8. The summed E-state index contributed by atoms with van der Waals surface area (Å²) in [7, 11) is 0. The Hall–Kier alpha value is -1.88. The van der Waals surface area contributed by atoms with E-state index in [1.54, 1.807) is 0 Å². The molecule has 0 aliphatic heterocycles. The lowest BCUT2D eigenvalue weighted by molar-refractivity contribution is -0.121. The third-order valence-electron chi connectivity index (χ3n) is 3.35. The molecule has 0 spiro atoms. The van der Waals surface area contributed by atoms with Gasteiger partial charge in [-0.3, -0.25) is 4.79 Å². The Labute approximate surface area is 141 Å². The molecule has 0 aliphatic carbocycles. The second kappa shape index (κ2) is 7.59. The van der Waals surface area contributed by atoms with Gasteiger partial charge in [-0.15, -0.1) is 0 Å². The molecule has 1 aromatic carbocycles. The molecule has 2 aromatic rings. The number of carbonyl (C=O) groups excluding carboxylic acids is 1. The fourth-order valence-corrected chi connectivity index (χ4v) is 2.09. The second-order valence-electron chi connectivity index (χ2n) is 6.49. The van der Waals surface area contributed by atoms with E-state index in [-0.39, 0.29) is 11.3 Å². The zero-order valence-corrected chi connectivity index (χ0v) is 14.5. The van der Waals surface area contributed by atoms with Crippen LogP contribution in [0.1, 0.15) is 44.5 Å². The highest BCUT2D eigenvalue weighted by molar-refractivity contribution is 6.30. The number of benzene rings is 1. The highest BCUT2D eigenvalue weighted by atomic mass is 35.5. The molecule has 0 unspecified atom stereocenters. The number of nitrogens with zero attached hydrogens (tertiary/aromatic N) is 2. The van der Waals surface area contributed by atoms with Crippen LogP contribution in [0.25, 0.3) is 0 Å². The van der Waals surface area contributed by atoms with Crippen LogP contribution in [0.5, 0.6) is 0 Å². The van der Waals surface area contributed by atoms with Gasteiger partial charge in [0.15, 0.2) is 5.82 Å². The van der Waals surface area contributed by atoms with Crippen LogP contribution in [-0.4, -0.2) is 22.6 Å². The van der Waals surface area contributed by atoms with Crippen molar-refractivity contribution >= 4 is 17.5 Å². The molecule has 0 fully saturated rings. The molecule has 0 saturated carbocycles. The standard InChI is InChI=1S/C17H22ClN3O2/c1-17(2,3)16-20-15(23-21-16)9-8-14(22)19-11-10-12-4-6-13(18)7-5-12/h4-7H,8-11H2,1-3H3,(H,19,22). The monoisotopic (exact) mass is 335 g/mol. The van der Waals surface area contributed by atoms with Crippen molar-refractivity contribution in [3.8, 4) is 0 Å². The van der Waals surface area contributed by atoms with E-state index in [1.165, 1.54) is 0 Å². The van der Waals surface area contributed by atoms with Crippen LogP contribution in [0.4, 0.5) is 0 Å². The van der Waals surface area contributed by atoms with E-state index in [9.17, 15) is 4.79 Å². The van der Waals surface area contributed by atoms with Crippen molar-refractivity contribution in [1.29, 1.82) is 0 Å². The van der Waals surface area contributed by atoms with Crippen molar-refractivity contribution in [3.63, 3.8) is 0 Å². The van der Waals surface area contributed by atoms with E-state index >= 15 is 0 Å². The number of halogens is 1. The van der Waals surface area contributed by atoms with Gasteiger partial charge in [0.05, 0.1) is 0 Å². The zero-order chi connectivity index (χ0) is 16.9. The van der Waals surface area contributed by atoms with Crippen LogP contribution in [0.2, 0.25) is 5.02 Å². The van der Waals surface area contributed by atoms with Gasteiger partial charge in [0.1, 0.15) is 0 Å². The highest BCUT2D eigenvalue weighted by Crippen LogP contribution is 2.18. The lowest BCUT2D eigenvalue weighted by Crippen LogP contribution is -2.25. The quantitative estimate of drug-likeness (QED) is 0.879. The van der Waals surface area contributed by atoms with E-state index in [2.05, 4.69) is 15.5 Å². The molecule has 0 saturated heterocycles. The Morgan fingerprint density at radius 3 is 2.52 bits per heavy atom. The van der Waals surface area contributed by atoms with Crippen LogP contribution in [0.3, 0.4) is 0 Å². The maximum absolute atomic E-state index is 11.8. The molecule has 0 radical (unpaired) electrons. The summed E-state index contributed by atoms with van der Waals surface area (Å²) in [6, 6.07) is 7.62. The minimum Gasteiger partial charge on any atom is -0.356 e. The molecule has 1 aromatic heterocycles. The fourth-order valence-electron chi connectivity index (χ4n) is 1.97. The molecule has 0 aliphatic rings. The summed E-state index contributed by atoms with van der Waals surface area (Å²) in [6.07, 6.45) is 1.57. The Bertz CT molecular complexity index is 645. The Morgan fingerprint density at radius 2 is 1.91 bits per heavy atom. The fraction of sp³-hybridized carbons (Fsp3) is 0.471. The van der Waals surface area contributed by atoms with Gasteiger partial charge in [0, 0.05) is 29.8 Å². The molecule has 0 bridgehead atoms. The summed E-state index contributed by atoms with van der Waals surface area (Å²) in [4.78, 5) is 16.2. The maximum atomic E-state index is 11.8. The van der Waals surface area contributed by atoms with Gasteiger partial charge in [-0.05, 0) is 24.1 Å². The van der Waals surface area contributed by atoms with Gasteiger partial charge in [-0.25, -0.2) is 0 Å². The van der Waals surface area contributed by atoms with Gasteiger partial charge in [0.2, 0.25) is 11.8 Å². The summed E-state index contributed by atoms with van der Waals surface area (Å²) >= 11 is 5.84. The molecule has 124 valence electrons. The first-order valence-corrected chi connectivity index (χ1v) is 8.06. The van der Waals surface area contributed by atoms with Crippen molar-refractivity contribution in [2.45, 2.75) is 45.4 Å². The number of nitrogens with one attached hydrogen (secondary N) is 1. The minimum atomic E-state index is -0.150. The van der Waals surface area contributed by atoms with E-state index in [1.807, 2.05) is 45.0 Å². The normalized spacial score (nSPS) is 11.5. The van der Waals surface area contributed by atoms with Crippen LogP contribution < -0.4 is 5.32 Å². The average Bonchev–Trinajstić information content (AvgIpc) is 2.96. The van der Waals surface area contributed by atoms with Crippen molar-refractivity contribution in [3.05, 3.63) is 46.6 Å². The van der Waals surface area contributed by atoms with Crippen LogP contribution in [0, 0.1) is 0 Å². The molecule has 23 heavy (non-hydrogen) atoms. The number of hydrogen-bond donors (Lipinski definition) is 1. The first-order valence-electron chi connectivity index (χ1n) is 7.69. The predicted molar refractivity (Wildman–Crippen MR) is 89.5 cm³/mol. The molecule has 0 atom stereocenters. The molecule has 2 rings (SSSR count). The van der Waals surface area contributed by atoms with Crippen LogP contribution in [-0.2, 0) is 23.1 Å². The van der Waals surface area contributed by atoms with Gasteiger partial charge in [0.25, 0.3) is 0 Å². The largest absolute Gasteiger partial charge is 0.356 e. The Kier molecular flexibility index (Phi) is 5.77.